The van der Waals surface area contributed by atoms with Gasteiger partial charge in [-0.2, -0.15) is 0 Å². The predicted octanol–water partition coefficient (Wildman–Crippen LogP) is 1.99. The maximum absolute atomic E-state index is 12.4. The number of fused-ring (bicyclic) bond motifs is 2. The molecule has 2 saturated heterocycles. The molecule has 2 amide bonds. The number of urea groups is 1. The van der Waals surface area contributed by atoms with Crippen LogP contribution in [0, 0.1) is 5.92 Å². The molecule has 3 rings (SSSR count). The van der Waals surface area contributed by atoms with Gasteiger partial charge >= 0.3 is 12.0 Å². The van der Waals surface area contributed by atoms with Gasteiger partial charge in [0.1, 0.15) is 5.76 Å². The van der Waals surface area contributed by atoms with E-state index in [4.69, 9.17) is 4.42 Å². The Balaban J connectivity index is 1.68. The van der Waals surface area contributed by atoms with Crippen LogP contribution in [0.1, 0.15) is 38.0 Å². The molecule has 0 aromatic carbocycles. The third kappa shape index (κ3) is 2.05. The Bertz CT molecular complexity index is 513. The molecule has 6 nitrogen and oxygen atoms in total. The molecular weight excluding hydrogens is 260 g/mol. The second-order valence-electron chi connectivity index (χ2n) is 5.57. The number of nitrogens with zero attached hydrogens (tertiary/aromatic N) is 1. The van der Waals surface area contributed by atoms with E-state index in [1.165, 1.54) is 0 Å². The van der Waals surface area contributed by atoms with Gasteiger partial charge in [-0.05, 0) is 38.3 Å². The average molecular weight is 278 g/mol. The van der Waals surface area contributed by atoms with Gasteiger partial charge in [0.05, 0.1) is 18.2 Å². The molecule has 2 N–H and O–H groups in total. The van der Waals surface area contributed by atoms with Crippen LogP contribution < -0.4 is 5.32 Å². The van der Waals surface area contributed by atoms with Crippen molar-refractivity contribution in [3.05, 3.63) is 24.2 Å². The van der Waals surface area contributed by atoms with Gasteiger partial charge in [0.25, 0.3) is 0 Å². The second-order valence-corrected chi connectivity index (χ2v) is 5.57. The van der Waals surface area contributed by atoms with Crippen LogP contribution in [0.25, 0.3) is 0 Å². The lowest BCUT2D eigenvalue weighted by molar-refractivity contribution is -0.142. The van der Waals surface area contributed by atoms with Crippen molar-refractivity contribution in [2.75, 3.05) is 0 Å². The highest BCUT2D eigenvalue weighted by atomic mass is 16.4. The minimum atomic E-state index is -0.797. The zero-order valence-corrected chi connectivity index (χ0v) is 11.3. The summed E-state index contributed by atoms with van der Waals surface area (Å²) < 4.78 is 5.26. The van der Waals surface area contributed by atoms with E-state index in [0.29, 0.717) is 12.2 Å². The number of amides is 2. The van der Waals surface area contributed by atoms with Gasteiger partial charge in [0, 0.05) is 12.1 Å². The molecule has 0 radical (unpaired) electrons. The summed E-state index contributed by atoms with van der Waals surface area (Å²) in [4.78, 5) is 25.3. The van der Waals surface area contributed by atoms with Gasteiger partial charge in [0.2, 0.25) is 0 Å². The van der Waals surface area contributed by atoms with Gasteiger partial charge in [-0.25, -0.2) is 4.79 Å². The molecule has 0 spiro atoms. The van der Waals surface area contributed by atoms with Gasteiger partial charge < -0.3 is 19.7 Å². The lowest BCUT2D eigenvalue weighted by Crippen LogP contribution is -2.45. The zero-order valence-electron chi connectivity index (χ0n) is 11.3. The molecule has 1 aromatic heterocycles. The minimum absolute atomic E-state index is 0.0601. The summed E-state index contributed by atoms with van der Waals surface area (Å²) in [5, 5.41) is 12.1. The smallest absolute Gasteiger partial charge is 0.318 e. The molecule has 4 atom stereocenters. The Morgan fingerprint density at radius 1 is 1.50 bits per heavy atom. The first-order valence-corrected chi connectivity index (χ1v) is 6.93. The lowest BCUT2D eigenvalue weighted by atomic mass is 9.89. The van der Waals surface area contributed by atoms with Gasteiger partial charge in [-0.1, -0.05) is 0 Å². The van der Waals surface area contributed by atoms with Crippen molar-refractivity contribution in [2.24, 2.45) is 5.92 Å². The van der Waals surface area contributed by atoms with Crippen molar-refractivity contribution >= 4 is 12.0 Å². The van der Waals surface area contributed by atoms with Crippen LogP contribution in [0.4, 0.5) is 4.79 Å². The number of carbonyl (C=O) groups is 2. The number of rotatable bonds is 3. The highest BCUT2D eigenvalue weighted by molar-refractivity contribution is 5.79. The van der Waals surface area contributed by atoms with Gasteiger partial charge in [-0.15, -0.1) is 0 Å². The minimum Gasteiger partial charge on any atom is -0.481 e. The molecule has 6 heteroatoms. The molecule has 108 valence electrons. The normalized spacial score (nSPS) is 29.4. The molecule has 2 aliphatic heterocycles. The van der Waals surface area contributed by atoms with Crippen LogP contribution in [0.5, 0.6) is 0 Å². The van der Waals surface area contributed by atoms with Crippen molar-refractivity contribution in [3.8, 4) is 0 Å². The number of hydrogen-bond donors (Lipinski definition) is 2. The van der Waals surface area contributed by atoms with E-state index in [9.17, 15) is 14.7 Å². The van der Waals surface area contributed by atoms with E-state index in [0.717, 1.165) is 12.8 Å². The van der Waals surface area contributed by atoms with Gasteiger partial charge in [-0.3, -0.25) is 4.79 Å². The van der Waals surface area contributed by atoms with Crippen molar-refractivity contribution < 1.29 is 19.1 Å². The Morgan fingerprint density at radius 2 is 2.30 bits per heavy atom. The molecule has 0 saturated carbocycles. The molecule has 4 unspecified atom stereocenters. The van der Waals surface area contributed by atoms with Crippen LogP contribution in [-0.2, 0) is 4.79 Å². The molecule has 2 aliphatic rings. The summed E-state index contributed by atoms with van der Waals surface area (Å²) in [5.41, 5.74) is 0. The first kappa shape index (κ1) is 13.0. The summed E-state index contributed by atoms with van der Waals surface area (Å²) in [6.45, 7) is 1.85. The standard InChI is InChI=1S/C14H18N2O4/c1-8(12-3-2-6-20-12)15-14(19)16-9-4-5-11(16)10(7-9)13(17)18/h2-3,6,8-11H,4-5,7H2,1H3,(H,15,19)(H,17,18). The molecular formula is C14H18N2O4. The Labute approximate surface area is 116 Å². The number of hydrogen-bond acceptors (Lipinski definition) is 3. The maximum Gasteiger partial charge on any atom is 0.318 e. The number of carboxylic acid groups (broad SMARTS) is 1. The fourth-order valence-electron chi connectivity index (χ4n) is 3.44. The van der Waals surface area contributed by atoms with Crippen LogP contribution in [0.2, 0.25) is 0 Å². The molecule has 2 fully saturated rings. The first-order valence-electron chi connectivity index (χ1n) is 6.93. The number of furan rings is 1. The van der Waals surface area contributed by atoms with Crippen LogP contribution in [-0.4, -0.2) is 34.1 Å². The summed E-state index contributed by atoms with van der Waals surface area (Å²) >= 11 is 0. The molecule has 0 aliphatic carbocycles. The molecule has 3 heterocycles. The highest BCUT2D eigenvalue weighted by Crippen LogP contribution is 2.41. The zero-order chi connectivity index (χ0) is 14.3. The molecule has 20 heavy (non-hydrogen) atoms. The summed E-state index contributed by atoms with van der Waals surface area (Å²) in [6, 6.07) is 3.07. The molecule has 1 aromatic rings. The van der Waals surface area contributed by atoms with Crippen molar-refractivity contribution in [2.45, 2.75) is 44.3 Å². The summed E-state index contributed by atoms with van der Waals surface area (Å²) in [5.74, 6) is -0.521. The van der Waals surface area contributed by atoms with E-state index >= 15 is 0 Å². The van der Waals surface area contributed by atoms with Crippen LogP contribution >= 0.6 is 0 Å². The Hall–Kier alpha value is -1.98. The SMILES string of the molecule is CC(NC(=O)N1C2CCC1C(C(=O)O)C2)c1ccco1. The van der Waals surface area contributed by atoms with Crippen LogP contribution in [0.3, 0.4) is 0 Å². The van der Waals surface area contributed by atoms with E-state index < -0.39 is 11.9 Å². The maximum atomic E-state index is 12.4. The largest absolute Gasteiger partial charge is 0.481 e. The fraction of sp³-hybridized carbons (Fsp3) is 0.571. The quantitative estimate of drug-likeness (QED) is 0.885. The fourth-order valence-corrected chi connectivity index (χ4v) is 3.44. The average Bonchev–Trinajstić information content (AvgIpc) is 3.13. The topological polar surface area (TPSA) is 82.8 Å². The monoisotopic (exact) mass is 278 g/mol. The molecule has 2 bridgehead atoms. The van der Waals surface area contributed by atoms with Crippen molar-refractivity contribution in [1.29, 1.82) is 0 Å². The summed E-state index contributed by atoms with van der Waals surface area (Å²) in [7, 11) is 0. The number of carboxylic acids is 1. The summed E-state index contributed by atoms with van der Waals surface area (Å²) in [6.07, 6.45) is 3.82. The highest BCUT2D eigenvalue weighted by Gasteiger charge is 2.51. The van der Waals surface area contributed by atoms with Crippen molar-refractivity contribution in [1.82, 2.24) is 10.2 Å². The predicted molar refractivity (Wildman–Crippen MR) is 70.0 cm³/mol. The lowest BCUT2D eigenvalue weighted by Gasteiger charge is -2.25. The number of nitrogens with one attached hydrogen (secondary N) is 1. The third-order valence-corrected chi connectivity index (χ3v) is 4.40. The first-order chi connectivity index (χ1) is 9.58. The third-order valence-electron chi connectivity index (χ3n) is 4.40. The van der Waals surface area contributed by atoms with E-state index in [1.54, 1.807) is 17.2 Å². The number of carbonyl (C=O) groups excluding carboxylic acids is 1. The van der Waals surface area contributed by atoms with E-state index in [-0.39, 0.29) is 24.2 Å². The van der Waals surface area contributed by atoms with Crippen LogP contribution in [0.15, 0.2) is 22.8 Å². The Kier molecular flexibility index (Phi) is 3.16. The Morgan fingerprint density at radius 3 is 2.90 bits per heavy atom. The number of aliphatic carboxylic acids is 1. The van der Waals surface area contributed by atoms with Crippen molar-refractivity contribution in [3.63, 3.8) is 0 Å². The second kappa shape index (κ2) is 4.85. The van der Waals surface area contributed by atoms with E-state index in [2.05, 4.69) is 5.32 Å². The van der Waals surface area contributed by atoms with Gasteiger partial charge in [0.15, 0.2) is 0 Å². The van der Waals surface area contributed by atoms with E-state index in [1.807, 2.05) is 13.0 Å².